The molecule has 1 aromatic heterocycles. The van der Waals surface area contributed by atoms with Crippen molar-refractivity contribution in [3.63, 3.8) is 0 Å². The summed E-state index contributed by atoms with van der Waals surface area (Å²) < 4.78 is 5.56. The van der Waals surface area contributed by atoms with Crippen molar-refractivity contribution in [2.24, 2.45) is 5.92 Å². The number of hydrogen-bond donors (Lipinski definition) is 1. The molecule has 0 saturated carbocycles. The summed E-state index contributed by atoms with van der Waals surface area (Å²) in [5, 5.41) is 3.02. The maximum atomic E-state index is 5.56. The van der Waals surface area contributed by atoms with Gasteiger partial charge in [0.2, 0.25) is 0 Å². The lowest BCUT2D eigenvalue weighted by molar-refractivity contribution is 0.288. The molecule has 0 fully saturated rings. The zero-order valence-electron chi connectivity index (χ0n) is 9.08. The van der Waals surface area contributed by atoms with Crippen LogP contribution >= 0.6 is 0 Å². The van der Waals surface area contributed by atoms with Crippen molar-refractivity contribution >= 4 is 5.69 Å². The van der Waals surface area contributed by atoms with Crippen molar-refractivity contribution in [1.29, 1.82) is 0 Å². The average Bonchev–Trinajstić information content (AvgIpc) is 2.18. The Morgan fingerprint density at radius 3 is 2.86 bits per heavy atom. The Bertz CT molecular complexity index is 274. The smallest absolute Gasteiger partial charge is 0.139 e. The SMILES string of the molecule is CNc1cncc(OCCC(C)C)c1. The van der Waals surface area contributed by atoms with Crippen LogP contribution in [0.5, 0.6) is 5.75 Å². The minimum absolute atomic E-state index is 0.676. The second kappa shape index (κ2) is 5.47. The molecular formula is C11H18N2O. The van der Waals surface area contributed by atoms with E-state index in [2.05, 4.69) is 24.1 Å². The summed E-state index contributed by atoms with van der Waals surface area (Å²) in [5.74, 6) is 1.51. The average molecular weight is 194 g/mol. The summed E-state index contributed by atoms with van der Waals surface area (Å²) in [6.07, 6.45) is 4.58. The molecule has 1 rings (SSSR count). The van der Waals surface area contributed by atoms with Crippen LogP contribution in [0.15, 0.2) is 18.5 Å². The summed E-state index contributed by atoms with van der Waals surface area (Å²) in [7, 11) is 1.87. The summed E-state index contributed by atoms with van der Waals surface area (Å²) in [6, 6.07) is 1.95. The number of nitrogens with one attached hydrogen (secondary N) is 1. The predicted molar refractivity (Wildman–Crippen MR) is 58.7 cm³/mol. The maximum Gasteiger partial charge on any atom is 0.139 e. The maximum absolute atomic E-state index is 5.56. The Hall–Kier alpha value is -1.25. The first kappa shape index (κ1) is 10.8. The van der Waals surface area contributed by atoms with E-state index in [4.69, 9.17) is 4.74 Å². The number of hydrogen-bond acceptors (Lipinski definition) is 3. The minimum atomic E-state index is 0.676. The van der Waals surface area contributed by atoms with Crippen LogP contribution in [0.2, 0.25) is 0 Å². The van der Waals surface area contributed by atoms with Gasteiger partial charge in [-0.1, -0.05) is 13.8 Å². The number of anilines is 1. The van der Waals surface area contributed by atoms with Crippen LogP contribution in [0.25, 0.3) is 0 Å². The third-order valence-electron chi connectivity index (χ3n) is 1.97. The summed E-state index contributed by atoms with van der Waals surface area (Å²) in [5.41, 5.74) is 0.979. The van der Waals surface area contributed by atoms with Crippen LogP contribution in [0.3, 0.4) is 0 Å². The van der Waals surface area contributed by atoms with Crippen molar-refractivity contribution in [2.75, 3.05) is 19.0 Å². The van der Waals surface area contributed by atoms with Crippen LogP contribution in [0.1, 0.15) is 20.3 Å². The van der Waals surface area contributed by atoms with Gasteiger partial charge in [0.25, 0.3) is 0 Å². The van der Waals surface area contributed by atoms with E-state index in [1.165, 1.54) is 0 Å². The molecule has 78 valence electrons. The fourth-order valence-electron chi connectivity index (χ4n) is 1.05. The fraction of sp³-hybridized carbons (Fsp3) is 0.545. The van der Waals surface area contributed by atoms with E-state index in [1.807, 2.05) is 13.1 Å². The van der Waals surface area contributed by atoms with E-state index in [0.29, 0.717) is 5.92 Å². The number of nitrogens with zero attached hydrogens (tertiary/aromatic N) is 1. The van der Waals surface area contributed by atoms with Gasteiger partial charge >= 0.3 is 0 Å². The molecule has 0 unspecified atom stereocenters. The molecule has 0 amide bonds. The van der Waals surface area contributed by atoms with Gasteiger partial charge in [0, 0.05) is 13.1 Å². The van der Waals surface area contributed by atoms with E-state index < -0.39 is 0 Å². The van der Waals surface area contributed by atoms with Gasteiger partial charge in [-0.05, 0) is 12.3 Å². The highest BCUT2D eigenvalue weighted by Crippen LogP contribution is 2.15. The lowest BCUT2D eigenvalue weighted by Crippen LogP contribution is -2.02. The molecule has 0 saturated heterocycles. The number of rotatable bonds is 5. The molecule has 0 aliphatic heterocycles. The number of aromatic nitrogens is 1. The summed E-state index contributed by atoms with van der Waals surface area (Å²) in [6.45, 7) is 5.13. The van der Waals surface area contributed by atoms with Crippen LogP contribution in [-0.2, 0) is 0 Å². The Balaban J connectivity index is 2.42. The van der Waals surface area contributed by atoms with Gasteiger partial charge in [-0.25, -0.2) is 0 Å². The minimum Gasteiger partial charge on any atom is -0.492 e. The van der Waals surface area contributed by atoms with Gasteiger partial charge in [-0.15, -0.1) is 0 Å². The first-order chi connectivity index (χ1) is 6.72. The Labute approximate surface area is 85.5 Å². The molecule has 3 heteroatoms. The van der Waals surface area contributed by atoms with Crippen LogP contribution in [0.4, 0.5) is 5.69 Å². The molecule has 1 aromatic rings. The molecular weight excluding hydrogens is 176 g/mol. The van der Waals surface area contributed by atoms with E-state index in [9.17, 15) is 0 Å². The van der Waals surface area contributed by atoms with Gasteiger partial charge in [-0.2, -0.15) is 0 Å². The van der Waals surface area contributed by atoms with Gasteiger partial charge in [-0.3, -0.25) is 4.98 Å². The number of pyridine rings is 1. The quantitative estimate of drug-likeness (QED) is 0.782. The van der Waals surface area contributed by atoms with Crippen LogP contribution in [-0.4, -0.2) is 18.6 Å². The van der Waals surface area contributed by atoms with Gasteiger partial charge < -0.3 is 10.1 Å². The number of ether oxygens (including phenoxy) is 1. The van der Waals surface area contributed by atoms with Gasteiger partial charge in [0.1, 0.15) is 5.75 Å². The Kier molecular flexibility index (Phi) is 4.23. The Morgan fingerprint density at radius 2 is 2.21 bits per heavy atom. The van der Waals surface area contributed by atoms with E-state index in [-0.39, 0.29) is 0 Å². The largest absolute Gasteiger partial charge is 0.492 e. The van der Waals surface area contributed by atoms with Crippen molar-refractivity contribution in [3.05, 3.63) is 18.5 Å². The van der Waals surface area contributed by atoms with E-state index in [1.54, 1.807) is 12.4 Å². The topological polar surface area (TPSA) is 34.2 Å². The van der Waals surface area contributed by atoms with Crippen molar-refractivity contribution in [1.82, 2.24) is 4.98 Å². The molecule has 0 spiro atoms. The molecule has 0 atom stereocenters. The standard InChI is InChI=1S/C11H18N2O/c1-9(2)4-5-14-11-6-10(12-3)7-13-8-11/h6-9,12H,4-5H2,1-3H3. The van der Waals surface area contributed by atoms with Crippen molar-refractivity contribution < 1.29 is 4.74 Å². The lowest BCUT2D eigenvalue weighted by atomic mass is 10.1. The third kappa shape index (κ3) is 3.64. The summed E-state index contributed by atoms with van der Waals surface area (Å²) >= 11 is 0. The second-order valence-electron chi connectivity index (χ2n) is 3.69. The zero-order valence-corrected chi connectivity index (χ0v) is 9.08. The van der Waals surface area contributed by atoms with Gasteiger partial charge in [0.05, 0.1) is 24.7 Å². The summed E-state index contributed by atoms with van der Waals surface area (Å²) in [4.78, 5) is 4.07. The highest BCUT2D eigenvalue weighted by molar-refractivity contribution is 5.44. The van der Waals surface area contributed by atoms with Crippen molar-refractivity contribution in [2.45, 2.75) is 20.3 Å². The zero-order chi connectivity index (χ0) is 10.4. The van der Waals surface area contributed by atoms with Crippen LogP contribution < -0.4 is 10.1 Å². The van der Waals surface area contributed by atoms with Gasteiger partial charge in [0.15, 0.2) is 0 Å². The normalized spacial score (nSPS) is 10.3. The molecule has 0 aromatic carbocycles. The molecule has 1 N–H and O–H groups in total. The molecule has 0 bridgehead atoms. The molecule has 0 aliphatic carbocycles. The lowest BCUT2D eigenvalue weighted by Gasteiger charge is -2.08. The highest BCUT2D eigenvalue weighted by Gasteiger charge is 1.97. The van der Waals surface area contributed by atoms with Crippen molar-refractivity contribution in [3.8, 4) is 5.75 Å². The first-order valence-electron chi connectivity index (χ1n) is 4.98. The predicted octanol–water partition coefficient (Wildman–Crippen LogP) is 2.55. The highest BCUT2D eigenvalue weighted by atomic mass is 16.5. The molecule has 14 heavy (non-hydrogen) atoms. The third-order valence-corrected chi connectivity index (χ3v) is 1.97. The monoisotopic (exact) mass is 194 g/mol. The second-order valence-corrected chi connectivity index (χ2v) is 3.69. The molecule has 0 aliphatic rings. The molecule has 0 radical (unpaired) electrons. The molecule has 3 nitrogen and oxygen atoms in total. The first-order valence-corrected chi connectivity index (χ1v) is 4.98. The van der Waals surface area contributed by atoms with Crippen LogP contribution in [0, 0.1) is 5.92 Å². The van der Waals surface area contributed by atoms with E-state index >= 15 is 0 Å². The molecule has 1 heterocycles. The van der Waals surface area contributed by atoms with E-state index in [0.717, 1.165) is 24.5 Å². The fourth-order valence-corrected chi connectivity index (χ4v) is 1.05. The Morgan fingerprint density at radius 1 is 1.43 bits per heavy atom.